The van der Waals surface area contributed by atoms with Gasteiger partial charge in [0.05, 0.1) is 0 Å². The summed E-state index contributed by atoms with van der Waals surface area (Å²) >= 11 is 3.26. The lowest BCUT2D eigenvalue weighted by Crippen LogP contribution is -2.26. The van der Waals surface area contributed by atoms with E-state index in [0.717, 1.165) is 5.00 Å². The molecule has 0 fully saturated rings. The Kier molecular flexibility index (Phi) is 3.11. The molecule has 0 spiro atoms. The average Bonchev–Trinajstić information content (AvgIpc) is 2.29. The molecule has 0 aliphatic heterocycles. The van der Waals surface area contributed by atoms with Gasteiger partial charge in [-0.05, 0) is 29.4 Å². The topological polar surface area (TPSA) is 33.0 Å². The molecule has 12 heavy (non-hydrogen) atoms. The van der Waals surface area contributed by atoms with E-state index in [-0.39, 0.29) is 5.91 Å². The van der Waals surface area contributed by atoms with E-state index >= 15 is 0 Å². The summed E-state index contributed by atoms with van der Waals surface area (Å²) < 4.78 is 3.18. The van der Waals surface area contributed by atoms with E-state index in [0.29, 0.717) is 0 Å². The van der Waals surface area contributed by atoms with Gasteiger partial charge in [-0.15, -0.1) is 0 Å². The van der Waals surface area contributed by atoms with Crippen molar-refractivity contribution in [3.63, 3.8) is 0 Å². The van der Waals surface area contributed by atoms with Crippen LogP contribution >= 0.6 is 23.1 Å². The number of hydrogen-bond donors (Lipinski definition) is 1. The van der Waals surface area contributed by atoms with Crippen molar-refractivity contribution in [2.45, 2.75) is 11.3 Å². The van der Waals surface area contributed by atoms with Crippen LogP contribution in [0.15, 0.2) is 10.5 Å². The Morgan fingerprint density at radius 2 is 2.42 bits per heavy atom. The monoisotopic (exact) mass is 203 g/mol. The van der Waals surface area contributed by atoms with Gasteiger partial charge in [-0.3, -0.25) is 4.79 Å². The van der Waals surface area contributed by atoms with Crippen LogP contribution in [0.25, 0.3) is 0 Å². The number of thioether (sulfide) groups is 1. The number of amides is 1. The first-order chi connectivity index (χ1) is 5.63. The first kappa shape index (κ1) is 9.54. The lowest BCUT2D eigenvalue weighted by Gasteiger charge is -1.89. The standard InChI is InChI=1S/C7H10N2OS2/c1-5(10)8-6-4-9(2)7(11-3)12-6/h4H,1-3H3/p+1. The molecular weight excluding hydrogens is 192 g/mol. The molecular formula is C7H11N2OS2+. The number of hydrogen-bond acceptors (Lipinski definition) is 3. The van der Waals surface area contributed by atoms with Crippen molar-refractivity contribution in [3.05, 3.63) is 6.20 Å². The highest BCUT2D eigenvalue weighted by Gasteiger charge is 2.12. The molecule has 1 amide bonds. The van der Waals surface area contributed by atoms with Gasteiger partial charge >= 0.3 is 0 Å². The van der Waals surface area contributed by atoms with Crippen molar-refractivity contribution in [2.24, 2.45) is 7.05 Å². The van der Waals surface area contributed by atoms with Crippen molar-refractivity contribution in [1.29, 1.82) is 0 Å². The molecule has 0 bridgehead atoms. The summed E-state index contributed by atoms with van der Waals surface area (Å²) in [6.07, 6.45) is 3.93. The fourth-order valence-electron chi connectivity index (χ4n) is 0.838. The van der Waals surface area contributed by atoms with Crippen LogP contribution in [0.1, 0.15) is 6.92 Å². The minimum atomic E-state index is -0.0236. The lowest BCUT2D eigenvalue weighted by molar-refractivity contribution is -0.701. The number of nitrogens with zero attached hydrogens (tertiary/aromatic N) is 1. The number of aryl methyl sites for hydroxylation is 1. The highest BCUT2D eigenvalue weighted by molar-refractivity contribution is 8.00. The number of carbonyl (C=O) groups is 1. The SMILES string of the molecule is CSc1sc(NC(C)=O)c[n+]1C. The molecule has 1 aromatic rings. The van der Waals surface area contributed by atoms with Gasteiger partial charge in [-0.2, -0.15) is 4.57 Å². The number of rotatable bonds is 2. The molecule has 0 aromatic carbocycles. The molecule has 1 heterocycles. The molecule has 1 aromatic heterocycles. The molecule has 0 aliphatic rings. The third kappa shape index (κ3) is 2.22. The molecule has 5 heteroatoms. The molecule has 1 rings (SSSR count). The van der Waals surface area contributed by atoms with Crippen LogP contribution < -0.4 is 9.88 Å². The number of nitrogens with one attached hydrogen (secondary N) is 1. The molecule has 0 saturated heterocycles. The zero-order valence-corrected chi connectivity index (χ0v) is 8.88. The summed E-state index contributed by atoms with van der Waals surface area (Å²) in [5.41, 5.74) is 0. The molecule has 0 saturated carbocycles. The van der Waals surface area contributed by atoms with Crippen LogP contribution in [-0.4, -0.2) is 12.2 Å². The normalized spacial score (nSPS) is 9.92. The predicted molar refractivity (Wildman–Crippen MR) is 51.6 cm³/mol. The van der Waals surface area contributed by atoms with Crippen LogP contribution in [0.2, 0.25) is 0 Å². The zero-order valence-electron chi connectivity index (χ0n) is 7.25. The van der Waals surface area contributed by atoms with Gasteiger partial charge in [-0.1, -0.05) is 0 Å². The molecule has 3 nitrogen and oxygen atoms in total. The second kappa shape index (κ2) is 3.91. The molecule has 66 valence electrons. The Hall–Kier alpha value is -0.550. The van der Waals surface area contributed by atoms with Gasteiger partial charge in [0.2, 0.25) is 12.1 Å². The van der Waals surface area contributed by atoms with Crippen molar-refractivity contribution in [1.82, 2.24) is 0 Å². The van der Waals surface area contributed by atoms with Crippen molar-refractivity contribution in [3.8, 4) is 0 Å². The number of carbonyl (C=O) groups excluding carboxylic acids is 1. The smallest absolute Gasteiger partial charge is 0.298 e. The number of aromatic nitrogens is 1. The maximum Gasteiger partial charge on any atom is 0.298 e. The Morgan fingerprint density at radius 3 is 2.83 bits per heavy atom. The first-order valence-corrected chi connectivity index (χ1v) is 5.48. The third-order valence-electron chi connectivity index (χ3n) is 1.27. The lowest BCUT2D eigenvalue weighted by atomic mass is 10.7. The van der Waals surface area contributed by atoms with Gasteiger partial charge in [0.1, 0.15) is 7.05 Å². The fraction of sp³-hybridized carbons (Fsp3) is 0.429. The van der Waals surface area contributed by atoms with Crippen molar-refractivity contribution < 1.29 is 9.36 Å². The summed E-state index contributed by atoms with van der Waals surface area (Å²) in [5, 5.41) is 3.64. The van der Waals surface area contributed by atoms with E-state index in [1.807, 2.05) is 24.1 Å². The Labute approximate surface area is 79.8 Å². The van der Waals surface area contributed by atoms with E-state index in [4.69, 9.17) is 0 Å². The quantitative estimate of drug-likeness (QED) is 0.579. The maximum atomic E-state index is 10.7. The van der Waals surface area contributed by atoms with Crippen LogP contribution in [-0.2, 0) is 11.8 Å². The van der Waals surface area contributed by atoms with Gasteiger partial charge < -0.3 is 5.32 Å². The van der Waals surface area contributed by atoms with Gasteiger partial charge in [0.15, 0.2) is 5.00 Å². The summed E-state index contributed by atoms with van der Waals surface area (Å²) in [4.78, 5) is 10.7. The van der Waals surface area contributed by atoms with E-state index in [1.165, 1.54) is 11.3 Å². The highest BCUT2D eigenvalue weighted by atomic mass is 32.2. The Bertz CT molecular complexity index is 296. The highest BCUT2D eigenvalue weighted by Crippen LogP contribution is 2.23. The minimum Gasteiger partial charge on any atom is -0.313 e. The molecule has 0 atom stereocenters. The maximum absolute atomic E-state index is 10.7. The Morgan fingerprint density at radius 1 is 1.75 bits per heavy atom. The van der Waals surface area contributed by atoms with E-state index in [9.17, 15) is 4.79 Å². The second-order valence-electron chi connectivity index (χ2n) is 2.36. The van der Waals surface area contributed by atoms with Crippen LogP contribution in [0, 0.1) is 0 Å². The summed E-state index contributed by atoms with van der Waals surface area (Å²) in [5.74, 6) is -0.0236. The van der Waals surface area contributed by atoms with Gasteiger partial charge in [-0.25, -0.2) is 0 Å². The fourth-order valence-corrected chi connectivity index (χ4v) is 2.57. The average molecular weight is 203 g/mol. The van der Waals surface area contributed by atoms with E-state index < -0.39 is 0 Å². The van der Waals surface area contributed by atoms with Crippen LogP contribution in [0.5, 0.6) is 0 Å². The van der Waals surface area contributed by atoms with Crippen molar-refractivity contribution in [2.75, 3.05) is 11.6 Å². The summed E-state index contributed by atoms with van der Waals surface area (Å²) in [6, 6.07) is 0. The van der Waals surface area contributed by atoms with Crippen LogP contribution in [0.3, 0.4) is 0 Å². The van der Waals surface area contributed by atoms with Crippen molar-refractivity contribution >= 4 is 34.0 Å². The summed E-state index contributed by atoms with van der Waals surface area (Å²) in [7, 11) is 1.97. The zero-order chi connectivity index (χ0) is 9.14. The minimum absolute atomic E-state index is 0.0236. The predicted octanol–water partition coefficient (Wildman–Crippen LogP) is 1.25. The van der Waals surface area contributed by atoms with E-state index in [2.05, 4.69) is 5.32 Å². The molecule has 0 radical (unpaired) electrons. The first-order valence-electron chi connectivity index (χ1n) is 3.44. The Balaban J connectivity index is 2.82. The summed E-state index contributed by atoms with van der Waals surface area (Å²) in [6.45, 7) is 1.51. The number of thiazole rings is 1. The van der Waals surface area contributed by atoms with E-state index in [1.54, 1.807) is 23.1 Å². The number of anilines is 1. The largest absolute Gasteiger partial charge is 0.313 e. The second-order valence-corrected chi connectivity index (χ2v) is 4.44. The van der Waals surface area contributed by atoms with Gasteiger partial charge in [0.25, 0.3) is 4.34 Å². The third-order valence-corrected chi connectivity index (χ3v) is 3.55. The molecule has 1 N–H and O–H groups in total. The van der Waals surface area contributed by atoms with Gasteiger partial charge in [0, 0.05) is 6.92 Å². The molecule has 0 unspecified atom stereocenters. The molecule has 0 aliphatic carbocycles. The van der Waals surface area contributed by atoms with Crippen LogP contribution in [0.4, 0.5) is 5.00 Å².